The van der Waals surface area contributed by atoms with E-state index in [0.29, 0.717) is 12.6 Å². The average Bonchev–Trinajstić information content (AvgIpc) is 3.01. The lowest BCUT2D eigenvalue weighted by Crippen LogP contribution is -2.12. The normalized spacial score (nSPS) is 15.2. The van der Waals surface area contributed by atoms with Crippen molar-refractivity contribution in [2.45, 2.75) is 12.8 Å². The van der Waals surface area contributed by atoms with Crippen LogP contribution in [0.15, 0.2) is 12.3 Å². The zero-order chi connectivity index (χ0) is 10.5. The first-order chi connectivity index (χ1) is 7.34. The third-order valence-electron chi connectivity index (χ3n) is 2.28. The fraction of sp³-hybridized carbons (Fsp3) is 0.600. The molecule has 0 aliphatic heterocycles. The van der Waals surface area contributed by atoms with E-state index in [4.69, 9.17) is 10.5 Å². The number of nitrogens with one attached hydrogen (secondary N) is 1. The first-order valence-electron chi connectivity index (χ1n) is 5.25. The Morgan fingerprint density at radius 1 is 1.53 bits per heavy atom. The molecule has 5 heteroatoms. The molecule has 1 heterocycles. The van der Waals surface area contributed by atoms with Crippen LogP contribution >= 0.6 is 0 Å². The van der Waals surface area contributed by atoms with Crippen molar-refractivity contribution in [2.24, 2.45) is 5.92 Å². The summed E-state index contributed by atoms with van der Waals surface area (Å²) >= 11 is 0. The van der Waals surface area contributed by atoms with Crippen molar-refractivity contribution < 1.29 is 4.74 Å². The number of hydrogen-bond acceptors (Lipinski definition) is 5. The molecular formula is C10H16N4O. The number of nitrogens with zero attached hydrogens (tertiary/aromatic N) is 2. The summed E-state index contributed by atoms with van der Waals surface area (Å²) in [5.41, 5.74) is 5.44. The highest BCUT2D eigenvalue weighted by Gasteiger charge is 2.20. The summed E-state index contributed by atoms with van der Waals surface area (Å²) in [7, 11) is 0. The predicted molar refractivity (Wildman–Crippen MR) is 58.5 cm³/mol. The van der Waals surface area contributed by atoms with Gasteiger partial charge in [0.1, 0.15) is 5.82 Å². The van der Waals surface area contributed by atoms with Crippen LogP contribution in [0.3, 0.4) is 0 Å². The number of ether oxygens (including phenoxy) is 1. The number of nitrogen functional groups attached to an aromatic ring is 1. The van der Waals surface area contributed by atoms with Crippen molar-refractivity contribution in [1.82, 2.24) is 9.97 Å². The Hall–Kier alpha value is -1.36. The van der Waals surface area contributed by atoms with Gasteiger partial charge in [0, 0.05) is 19.3 Å². The molecule has 0 spiro atoms. The standard InChI is InChI=1S/C10H16N4O/c11-10-13-4-3-9(14-10)12-5-6-15-7-8-1-2-8/h3-4,8H,1-2,5-7H2,(H3,11,12,13,14). The van der Waals surface area contributed by atoms with E-state index in [0.717, 1.165) is 24.9 Å². The second kappa shape index (κ2) is 4.93. The van der Waals surface area contributed by atoms with Gasteiger partial charge in [-0.1, -0.05) is 0 Å². The van der Waals surface area contributed by atoms with E-state index < -0.39 is 0 Å². The van der Waals surface area contributed by atoms with Crippen molar-refractivity contribution in [3.05, 3.63) is 12.3 Å². The van der Waals surface area contributed by atoms with Crippen molar-refractivity contribution in [1.29, 1.82) is 0 Å². The van der Waals surface area contributed by atoms with E-state index in [9.17, 15) is 0 Å². The molecule has 0 aromatic carbocycles. The SMILES string of the molecule is Nc1nccc(NCCOCC2CC2)n1. The van der Waals surface area contributed by atoms with Gasteiger partial charge in [-0.3, -0.25) is 0 Å². The number of hydrogen-bond donors (Lipinski definition) is 2. The summed E-state index contributed by atoms with van der Waals surface area (Å²) < 4.78 is 5.47. The maximum absolute atomic E-state index is 5.47. The largest absolute Gasteiger partial charge is 0.379 e. The molecule has 1 aromatic heterocycles. The number of anilines is 2. The van der Waals surface area contributed by atoms with Crippen LogP contribution in [0.2, 0.25) is 0 Å². The monoisotopic (exact) mass is 208 g/mol. The number of aromatic nitrogens is 2. The summed E-state index contributed by atoms with van der Waals surface area (Å²) in [5.74, 6) is 1.86. The molecule has 1 aromatic rings. The highest BCUT2D eigenvalue weighted by atomic mass is 16.5. The lowest BCUT2D eigenvalue weighted by atomic mass is 10.5. The van der Waals surface area contributed by atoms with Crippen LogP contribution in [-0.2, 0) is 4.74 Å². The molecule has 15 heavy (non-hydrogen) atoms. The first-order valence-corrected chi connectivity index (χ1v) is 5.25. The van der Waals surface area contributed by atoms with Crippen LogP contribution in [0.5, 0.6) is 0 Å². The third-order valence-corrected chi connectivity index (χ3v) is 2.28. The molecular weight excluding hydrogens is 192 g/mol. The Morgan fingerprint density at radius 2 is 2.40 bits per heavy atom. The Morgan fingerprint density at radius 3 is 3.13 bits per heavy atom. The minimum Gasteiger partial charge on any atom is -0.379 e. The minimum absolute atomic E-state index is 0.291. The van der Waals surface area contributed by atoms with Crippen molar-refractivity contribution in [3.8, 4) is 0 Å². The van der Waals surface area contributed by atoms with Gasteiger partial charge in [0.25, 0.3) is 0 Å². The molecule has 0 saturated heterocycles. The molecule has 1 aliphatic carbocycles. The molecule has 0 atom stereocenters. The summed E-state index contributed by atoms with van der Waals surface area (Å²) in [5, 5.41) is 3.12. The van der Waals surface area contributed by atoms with Gasteiger partial charge in [-0.15, -0.1) is 0 Å². The maximum Gasteiger partial charge on any atom is 0.221 e. The molecule has 5 nitrogen and oxygen atoms in total. The van der Waals surface area contributed by atoms with Crippen molar-refractivity contribution >= 4 is 11.8 Å². The molecule has 1 fully saturated rings. The van der Waals surface area contributed by atoms with E-state index in [1.165, 1.54) is 12.8 Å². The van der Waals surface area contributed by atoms with Crippen molar-refractivity contribution in [2.75, 3.05) is 30.8 Å². The molecule has 0 amide bonds. The highest BCUT2D eigenvalue weighted by molar-refractivity contribution is 5.37. The second-order valence-electron chi connectivity index (χ2n) is 3.75. The number of nitrogens with two attached hydrogens (primary N) is 1. The van der Waals surface area contributed by atoms with E-state index in [-0.39, 0.29) is 0 Å². The second-order valence-corrected chi connectivity index (χ2v) is 3.75. The zero-order valence-electron chi connectivity index (χ0n) is 8.65. The Balaban J connectivity index is 1.60. The summed E-state index contributed by atoms with van der Waals surface area (Å²) in [4.78, 5) is 7.83. The van der Waals surface area contributed by atoms with E-state index >= 15 is 0 Å². The summed E-state index contributed by atoms with van der Waals surface area (Å²) in [6, 6.07) is 1.79. The van der Waals surface area contributed by atoms with Crippen molar-refractivity contribution in [3.63, 3.8) is 0 Å². The first kappa shape index (κ1) is 10.2. The van der Waals surface area contributed by atoms with Gasteiger partial charge in [-0.25, -0.2) is 4.98 Å². The van der Waals surface area contributed by atoms with E-state index in [2.05, 4.69) is 15.3 Å². The molecule has 2 rings (SSSR count). The van der Waals surface area contributed by atoms with Crippen LogP contribution in [0.25, 0.3) is 0 Å². The average molecular weight is 208 g/mol. The predicted octanol–water partition coefficient (Wildman–Crippen LogP) is 0.897. The maximum atomic E-state index is 5.47. The summed E-state index contributed by atoms with van der Waals surface area (Å²) in [6.07, 6.45) is 4.29. The van der Waals surface area contributed by atoms with Gasteiger partial charge < -0.3 is 15.8 Å². The van der Waals surface area contributed by atoms with Crippen LogP contribution in [0.4, 0.5) is 11.8 Å². The van der Waals surface area contributed by atoms with Gasteiger partial charge >= 0.3 is 0 Å². The van der Waals surface area contributed by atoms with Gasteiger partial charge in [-0.2, -0.15) is 4.98 Å². The van der Waals surface area contributed by atoms with Crippen LogP contribution < -0.4 is 11.1 Å². The zero-order valence-corrected chi connectivity index (χ0v) is 8.65. The van der Waals surface area contributed by atoms with Crippen LogP contribution in [0, 0.1) is 5.92 Å². The summed E-state index contributed by atoms with van der Waals surface area (Å²) in [6.45, 7) is 2.36. The Bertz CT molecular complexity index is 314. The molecule has 1 saturated carbocycles. The molecule has 0 radical (unpaired) electrons. The van der Waals surface area contributed by atoms with Crippen LogP contribution in [-0.4, -0.2) is 29.7 Å². The minimum atomic E-state index is 0.291. The number of rotatable bonds is 6. The Kier molecular flexibility index (Phi) is 3.34. The Labute approximate surface area is 89.1 Å². The molecule has 0 unspecified atom stereocenters. The van der Waals surface area contributed by atoms with Gasteiger partial charge in [0.2, 0.25) is 5.95 Å². The van der Waals surface area contributed by atoms with Gasteiger partial charge in [-0.05, 0) is 24.8 Å². The van der Waals surface area contributed by atoms with Gasteiger partial charge in [0.05, 0.1) is 6.61 Å². The smallest absolute Gasteiger partial charge is 0.221 e. The molecule has 0 bridgehead atoms. The lowest BCUT2D eigenvalue weighted by Gasteiger charge is -2.06. The third kappa shape index (κ3) is 3.71. The topological polar surface area (TPSA) is 73.1 Å². The van der Waals surface area contributed by atoms with E-state index in [1.54, 1.807) is 12.3 Å². The quantitative estimate of drug-likeness (QED) is 0.679. The van der Waals surface area contributed by atoms with E-state index in [1.807, 2.05) is 0 Å². The molecule has 1 aliphatic rings. The fourth-order valence-electron chi connectivity index (χ4n) is 1.26. The van der Waals surface area contributed by atoms with Crippen LogP contribution in [0.1, 0.15) is 12.8 Å². The van der Waals surface area contributed by atoms with Gasteiger partial charge in [0.15, 0.2) is 0 Å². The fourth-order valence-corrected chi connectivity index (χ4v) is 1.26. The molecule has 82 valence electrons. The lowest BCUT2D eigenvalue weighted by molar-refractivity contribution is 0.134. The highest BCUT2D eigenvalue weighted by Crippen LogP contribution is 2.28. The molecule has 3 N–H and O–H groups in total.